The number of amides is 6. The molecule has 4 N–H and O–H groups in total. The molecular formula is C32H35N9O6S2. The maximum atomic E-state index is 13.3. The molecule has 15 nitrogen and oxygen atoms in total. The van der Waals surface area contributed by atoms with E-state index in [9.17, 15) is 28.8 Å². The fourth-order valence-electron chi connectivity index (χ4n) is 6.02. The number of piperazine rings is 1. The number of imide groups is 2. The molecule has 1 atom stereocenters. The van der Waals surface area contributed by atoms with Crippen LogP contribution in [0.15, 0.2) is 35.4 Å². The van der Waals surface area contributed by atoms with Crippen molar-refractivity contribution in [1.82, 2.24) is 30.1 Å². The van der Waals surface area contributed by atoms with Gasteiger partial charge in [-0.25, -0.2) is 15.0 Å². The van der Waals surface area contributed by atoms with E-state index in [-0.39, 0.29) is 24.3 Å². The Morgan fingerprint density at radius 3 is 2.59 bits per heavy atom. The minimum atomic E-state index is -0.995. The Labute approximate surface area is 290 Å². The van der Waals surface area contributed by atoms with Gasteiger partial charge < -0.3 is 20.9 Å². The standard InChI is InChI=1S/C32H35N9O6S2/c1-18-35-23(37-32-34-17-22(49-32)28(33)44)16-24(36-18)39-11-13-40(14-12-39)26(43)8-3-2-4-15-48-21-7-5-6-19-27(21)31(47)41(30(19)46)20-9-10-25(42)38-29(20)45/h5-7,16-17,20H,2-4,8-15H2,1H3,(H2,33,44)(H,38,42,45)(H,34,35,36,37). The van der Waals surface area contributed by atoms with E-state index >= 15 is 0 Å². The van der Waals surface area contributed by atoms with Gasteiger partial charge in [-0.3, -0.25) is 39.0 Å². The van der Waals surface area contributed by atoms with Crippen LogP contribution >= 0.6 is 23.1 Å². The third-order valence-corrected chi connectivity index (χ3v) is 10.6. The molecule has 3 aliphatic heterocycles. The fourth-order valence-corrected chi connectivity index (χ4v) is 7.78. The van der Waals surface area contributed by atoms with Crippen molar-refractivity contribution >= 4 is 75.3 Å². The lowest BCUT2D eigenvalue weighted by Gasteiger charge is -2.35. The number of carbonyl (C=O) groups is 6. The number of anilines is 3. The Morgan fingerprint density at radius 1 is 1.06 bits per heavy atom. The molecule has 2 saturated heterocycles. The molecule has 0 bridgehead atoms. The number of carbonyl (C=O) groups excluding carboxylic acids is 6. The van der Waals surface area contributed by atoms with Crippen molar-refractivity contribution in [2.45, 2.75) is 56.4 Å². The molecule has 2 aromatic heterocycles. The third kappa shape index (κ3) is 7.57. The Bertz CT molecular complexity index is 1820. The van der Waals surface area contributed by atoms with E-state index in [2.05, 4.69) is 30.5 Å². The van der Waals surface area contributed by atoms with E-state index in [0.717, 1.165) is 41.3 Å². The van der Waals surface area contributed by atoms with Crippen LogP contribution < -0.4 is 21.3 Å². The Morgan fingerprint density at radius 2 is 1.86 bits per heavy atom. The maximum Gasteiger partial charge on any atom is 0.263 e. The molecule has 1 aromatic carbocycles. The number of aryl methyl sites for hydroxylation is 1. The summed E-state index contributed by atoms with van der Waals surface area (Å²) in [6, 6.07) is 5.94. The molecule has 6 rings (SSSR count). The summed E-state index contributed by atoms with van der Waals surface area (Å²) < 4.78 is 0. The predicted octanol–water partition coefficient (Wildman–Crippen LogP) is 2.49. The van der Waals surface area contributed by atoms with Crippen molar-refractivity contribution in [1.29, 1.82) is 0 Å². The highest BCUT2D eigenvalue weighted by Crippen LogP contribution is 2.35. The number of primary amides is 1. The second kappa shape index (κ2) is 14.7. The monoisotopic (exact) mass is 705 g/mol. The number of hydrogen-bond acceptors (Lipinski definition) is 13. The van der Waals surface area contributed by atoms with Crippen molar-refractivity contribution < 1.29 is 28.8 Å². The van der Waals surface area contributed by atoms with Crippen LogP contribution in [-0.2, 0) is 14.4 Å². The van der Waals surface area contributed by atoms with Crippen LogP contribution in [0.5, 0.6) is 0 Å². The van der Waals surface area contributed by atoms with Gasteiger partial charge in [-0.1, -0.05) is 23.8 Å². The Kier molecular flexibility index (Phi) is 10.2. The topological polar surface area (TPSA) is 201 Å². The molecule has 5 heterocycles. The fraction of sp³-hybridized carbons (Fsp3) is 0.406. The summed E-state index contributed by atoms with van der Waals surface area (Å²) in [6.07, 6.45) is 4.45. The number of nitrogens with one attached hydrogen (secondary N) is 2. The maximum absolute atomic E-state index is 13.3. The largest absolute Gasteiger partial charge is 0.365 e. The third-order valence-electron chi connectivity index (χ3n) is 8.49. The van der Waals surface area contributed by atoms with Crippen molar-refractivity contribution in [3.05, 3.63) is 52.3 Å². The number of nitrogens with zero attached hydrogens (tertiary/aromatic N) is 6. The number of thioether (sulfide) groups is 1. The lowest BCUT2D eigenvalue weighted by Crippen LogP contribution is -2.54. The van der Waals surface area contributed by atoms with Gasteiger partial charge in [0.1, 0.15) is 28.4 Å². The molecule has 2 fully saturated rings. The number of nitrogens with two attached hydrogens (primary N) is 1. The van der Waals surface area contributed by atoms with E-state index < -0.39 is 35.6 Å². The van der Waals surface area contributed by atoms with Crippen molar-refractivity contribution in [3.8, 4) is 0 Å². The van der Waals surface area contributed by atoms with Crippen molar-refractivity contribution in [3.63, 3.8) is 0 Å². The molecule has 0 aliphatic carbocycles. The summed E-state index contributed by atoms with van der Waals surface area (Å²) in [6.45, 7) is 4.22. The molecule has 6 amide bonds. The number of fused-ring (bicyclic) bond motifs is 1. The van der Waals surface area contributed by atoms with Crippen LogP contribution in [-0.4, -0.2) is 98.2 Å². The van der Waals surface area contributed by atoms with Crippen LogP contribution in [0.1, 0.15) is 74.7 Å². The summed E-state index contributed by atoms with van der Waals surface area (Å²) in [7, 11) is 0. The summed E-state index contributed by atoms with van der Waals surface area (Å²) in [5.41, 5.74) is 5.90. The first-order chi connectivity index (χ1) is 23.6. The van der Waals surface area contributed by atoms with E-state index in [1.165, 1.54) is 18.0 Å². The van der Waals surface area contributed by atoms with Gasteiger partial charge in [-0.15, -0.1) is 11.8 Å². The molecule has 17 heteroatoms. The van der Waals surface area contributed by atoms with Gasteiger partial charge in [0.05, 0.1) is 17.3 Å². The number of rotatable bonds is 12. The highest BCUT2D eigenvalue weighted by atomic mass is 32.2. The van der Waals surface area contributed by atoms with Gasteiger partial charge in [0.15, 0.2) is 5.13 Å². The van der Waals surface area contributed by atoms with E-state index in [1.54, 1.807) is 25.1 Å². The highest BCUT2D eigenvalue weighted by molar-refractivity contribution is 7.99. The Hall–Kier alpha value is -4.90. The summed E-state index contributed by atoms with van der Waals surface area (Å²) in [4.78, 5) is 93.8. The number of aromatic nitrogens is 3. The van der Waals surface area contributed by atoms with Crippen molar-refractivity contribution in [2.75, 3.05) is 42.1 Å². The molecular weight excluding hydrogens is 671 g/mol. The summed E-state index contributed by atoms with van der Waals surface area (Å²) in [5, 5.41) is 5.82. The minimum absolute atomic E-state index is 0.0731. The first kappa shape index (κ1) is 34.0. The molecule has 0 spiro atoms. The zero-order valence-electron chi connectivity index (χ0n) is 26.8. The quantitative estimate of drug-likeness (QED) is 0.141. The predicted molar refractivity (Wildman–Crippen MR) is 182 cm³/mol. The zero-order valence-corrected chi connectivity index (χ0v) is 28.4. The normalized spacial score (nSPS) is 17.7. The number of piperidine rings is 1. The highest BCUT2D eigenvalue weighted by Gasteiger charge is 2.45. The van der Waals surface area contributed by atoms with E-state index in [0.29, 0.717) is 70.5 Å². The summed E-state index contributed by atoms with van der Waals surface area (Å²) >= 11 is 2.62. The number of thiazole rings is 1. The van der Waals surface area contributed by atoms with E-state index in [1.807, 2.05) is 11.0 Å². The average molecular weight is 706 g/mol. The van der Waals surface area contributed by atoms with E-state index in [4.69, 9.17) is 5.73 Å². The lowest BCUT2D eigenvalue weighted by atomic mass is 10.0. The average Bonchev–Trinajstić information content (AvgIpc) is 3.65. The zero-order chi connectivity index (χ0) is 34.7. The molecule has 0 radical (unpaired) electrons. The molecule has 49 heavy (non-hydrogen) atoms. The van der Waals surface area contributed by atoms with Crippen LogP contribution in [0.2, 0.25) is 0 Å². The van der Waals surface area contributed by atoms with Gasteiger partial charge in [-0.2, -0.15) is 0 Å². The van der Waals surface area contributed by atoms with Crippen LogP contribution in [0.4, 0.5) is 16.8 Å². The number of benzene rings is 1. The lowest BCUT2D eigenvalue weighted by molar-refractivity contribution is -0.136. The Balaban J connectivity index is 0.931. The second-order valence-electron chi connectivity index (χ2n) is 11.8. The first-order valence-corrected chi connectivity index (χ1v) is 17.8. The van der Waals surface area contributed by atoms with Gasteiger partial charge in [0.2, 0.25) is 17.7 Å². The smallest absolute Gasteiger partial charge is 0.263 e. The van der Waals surface area contributed by atoms with Crippen LogP contribution in [0.25, 0.3) is 0 Å². The van der Waals surface area contributed by atoms with Crippen LogP contribution in [0.3, 0.4) is 0 Å². The van der Waals surface area contributed by atoms with Gasteiger partial charge in [0.25, 0.3) is 17.7 Å². The second-order valence-corrected chi connectivity index (χ2v) is 14.0. The summed E-state index contributed by atoms with van der Waals surface area (Å²) in [5.74, 6) is 0.0825. The number of unbranched alkanes of at least 4 members (excludes halogenated alkanes) is 2. The molecule has 1 unspecified atom stereocenters. The van der Waals surface area contributed by atoms with Crippen molar-refractivity contribution in [2.24, 2.45) is 5.73 Å². The van der Waals surface area contributed by atoms with Gasteiger partial charge in [-0.05, 0) is 44.1 Å². The molecule has 3 aromatic rings. The SMILES string of the molecule is Cc1nc(Nc2ncc(C(N)=O)s2)cc(N2CCN(C(=O)CCCCCSc3cccc4c3C(=O)N(C3CCC(=O)NC3=O)C4=O)CC2)n1. The minimum Gasteiger partial charge on any atom is -0.365 e. The van der Waals surface area contributed by atoms with Crippen LogP contribution in [0, 0.1) is 6.92 Å². The molecule has 0 saturated carbocycles. The first-order valence-electron chi connectivity index (χ1n) is 16.0. The molecule has 3 aliphatic rings. The van der Waals surface area contributed by atoms with Gasteiger partial charge in [0, 0.05) is 50.0 Å². The number of hydrogen-bond donors (Lipinski definition) is 3. The van der Waals surface area contributed by atoms with Gasteiger partial charge >= 0.3 is 0 Å². The molecule has 256 valence electrons.